The lowest BCUT2D eigenvalue weighted by molar-refractivity contribution is 0.371. The Balaban J connectivity index is 3.22. The number of methoxy groups -OCH3 is 1. The number of hydrogen-bond acceptors (Lipinski definition) is 3. The predicted molar refractivity (Wildman–Crippen MR) is 44.7 cm³/mol. The zero-order valence-corrected chi connectivity index (χ0v) is 6.92. The van der Waals surface area contributed by atoms with Gasteiger partial charge in [0.15, 0.2) is 11.6 Å². The highest BCUT2D eigenvalue weighted by Crippen LogP contribution is 2.21. The summed E-state index contributed by atoms with van der Waals surface area (Å²) in [4.78, 5) is 0. The Kier molecular flexibility index (Phi) is 2.79. The molecule has 1 aromatic carbocycles. The minimum Gasteiger partial charge on any atom is -0.494 e. The minimum absolute atomic E-state index is 0.0131. The first-order valence-electron chi connectivity index (χ1n) is 3.46. The number of benzene rings is 1. The maximum absolute atomic E-state index is 13.0. The molecule has 0 fully saturated rings. The van der Waals surface area contributed by atoms with Crippen molar-refractivity contribution in [3.05, 3.63) is 29.3 Å². The molecule has 0 amide bonds. The van der Waals surface area contributed by atoms with Crippen LogP contribution >= 0.6 is 0 Å². The molecule has 0 saturated carbocycles. The van der Waals surface area contributed by atoms with E-state index in [1.807, 2.05) is 0 Å². The Bertz CT molecular complexity index is 339. The van der Waals surface area contributed by atoms with E-state index in [0.717, 1.165) is 6.21 Å². The van der Waals surface area contributed by atoms with E-state index in [1.54, 1.807) is 0 Å². The lowest BCUT2D eigenvalue weighted by Gasteiger charge is -2.03. The summed E-state index contributed by atoms with van der Waals surface area (Å²) in [6.45, 7) is 0. The van der Waals surface area contributed by atoms with E-state index in [0.29, 0.717) is 0 Å². The van der Waals surface area contributed by atoms with Crippen LogP contribution in [0.5, 0.6) is 5.75 Å². The Morgan fingerprint density at radius 3 is 2.62 bits per heavy atom. The van der Waals surface area contributed by atoms with Crippen LogP contribution in [-0.4, -0.2) is 13.3 Å². The molecule has 2 N–H and O–H groups in total. The van der Waals surface area contributed by atoms with E-state index < -0.39 is 11.6 Å². The molecule has 5 heteroatoms. The van der Waals surface area contributed by atoms with Crippen molar-refractivity contribution in [3.63, 3.8) is 0 Å². The number of hydrogen-bond donors (Lipinski definition) is 1. The standard InChI is InChI=1S/C8H8F2N2O/c1-13-6-3-2-5(4-12-11)7(9)8(6)10/h2-4H,11H2,1H3. The van der Waals surface area contributed by atoms with Crippen molar-refractivity contribution < 1.29 is 13.5 Å². The quantitative estimate of drug-likeness (QED) is 0.429. The molecular weight excluding hydrogens is 178 g/mol. The molecule has 0 atom stereocenters. The molecule has 0 unspecified atom stereocenters. The molecule has 3 nitrogen and oxygen atoms in total. The highest BCUT2D eigenvalue weighted by atomic mass is 19.2. The summed E-state index contributed by atoms with van der Waals surface area (Å²) in [6.07, 6.45) is 1.03. The van der Waals surface area contributed by atoms with Crippen molar-refractivity contribution in [2.45, 2.75) is 0 Å². The van der Waals surface area contributed by atoms with Crippen molar-refractivity contribution >= 4 is 6.21 Å². The van der Waals surface area contributed by atoms with Gasteiger partial charge >= 0.3 is 0 Å². The molecule has 70 valence electrons. The molecule has 0 spiro atoms. The Morgan fingerprint density at radius 1 is 1.38 bits per heavy atom. The minimum atomic E-state index is -1.04. The van der Waals surface area contributed by atoms with E-state index >= 15 is 0 Å². The highest BCUT2D eigenvalue weighted by Gasteiger charge is 2.11. The first-order valence-corrected chi connectivity index (χ1v) is 3.46. The molecule has 0 aliphatic heterocycles. The molecule has 0 radical (unpaired) electrons. The molecule has 13 heavy (non-hydrogen) atoms. The zero-order chi connectivity index (χ0) is 9.84. The van der Waals surface area contributed by atoms with Gasteiger partial charge in [-0.15, -0.1) is 0 Å². The van der Waals surface area contributed by atoms with Gasteiger partial charge in [-0.3, -0.25) is 0 Å². The fraction of sp³-hybridized carbons (Fsp3) is 0.125. The Hall–Kier alpha value is -1.65. The maximum atomic E-state index is 13.0. The van der Waals surface area contributed by atoms with Crippen LogP contribution in [0.4, 0.5) is 8.78 Å². The van der Waals surface area contributed by atoms with Gasteiger partial charge in [-0.1, -0.05) is 0 Å². The van der Waals surface area contributed by atoms with Crippen LogP contribution in [0.15, 0.2) is 17.2 Å². The lowest BCUT2D eigenvalue weighted by atomic mass is 10.2. The smallest absolute Gasteiger partial charge is 0.201 e. The van der Waals surface area contributed by atoms with E-state index in [-0.39, 0.29) is 11.3 Å². The fourth-order valence-corrected chi connectivity index (χ4v) is 0.884. The second-order valence-corrected chi connectivity index (χ2v) is 2.26. The van der Waals surface area contributed by atoms with Gasteiger partial charge < -0.3 is 10.6 Å². The fourth-order valence-electron chi connectivity index (χ4n) is 0.884. The van der Waals surface area contributed by atoms with Crippen LogP contribution < -0.4 is 10.6 Å². The normalized spacial score (nSPS) is 10.7. The third-order valence-electron chi connectivity index (χ3n) is 1.51. The summed E-state index contributed by atoms with van der Waals surface area (Å²) >= 11 is 0. The van der Waals surface area contributed by atoms with E-state index in [1.165, 1.54) is 19.2 Å². The number of nitrogens with two attached hydrogens (primary N) is 1. The Labute approximate surface area is 73.8 Å². The van der Waals surface area contributed by atoms with Crippen molar-refractivity contribution in [2.75, 3.05) is 7.11 Å². The first-order chi connectivity index (χ1) is 6.20. The van der Waals surface area contributed by atoms with E-state index in [2.05, 4.69) is 9.84 Å². The van der Waals surface area contributed by atoms with Gasteiger partial charge in [-0.2, -0.15) is 9.49 Å². The highest BCUT2D eigenvalue weighted by molar-refractivity contribution is 5.80. The van der Waals surface area contributed by atoms with Crippen LogP contribution in [0.1, 0.15) is 5.56 Å². The molecule has 0 heterocycles. The number of halogens is 2. The SMILES string of the molecule is COc1ccc(C=NN)c(F)c1F. The van der Waals surface area contributed by atoms with Crippen LogP contribution in [0.25, 0.3) is 0 Å². The number of nitrogens with zero attached hydrogens (tertiary/aromatic N) is 1. The summed E-state index contributed by atoms with van der Waals surface area (Å²) in [7, 11) is 1.26. The third kappa shape index (κ3) is 1.74. The monoisotopic (exact) mass is 186 g/mol. The van der Waals surface area contributed by atoms with Crippen molar-refractivity contribution in [1.29, 1.82) is 0 Å². The van der Waals surface area contributed by atoms with Crippen LogP contribution in [0, 0.1) is 11.6 Å². The largest absolute Gasteiger partial charge is 0.494 e. The van der Waals surface area contributed by atoms with Gasteiger partial charge in [0.25, 0.3) is 0 Å². The predicted octanol–water partition coefficient (Wildman–Crippen LogP) is 1.27. The van der Waals surface area contributed by atoms with Crippen LogP contribution in [-0.2, 0) is 0 Å². The number of ether oxygens (including phenoxy) is 1. The van der Waals surface area contributed by atoms with Gasteiger partial charge in [-0.05, 0) is 12.1 Å². The topological polar surface area (TPSA) is 47.6 Å². The summed E-state index contributed by atoms with van der Waals surface area (Å²) in [5.74, 6) is 2.59. The summed E-state index contributed by atoms with van der Waals surface area (Å²) in [5, 5.41) is 3.09. The molecule has 0 saturated heterocycles. The summed E-state index contributed by atoms with van der Waals surface area (Å²) in [5.41, 5.74) is -0.0131. The molecular formula is C8H8F2N2O. The molecule has 0 aliphatic carbocycles. The summed E-state index contributed by atoms with van der Waals surface area (Å²) < 4.78 is 30.6. The maximum Gasteiger partial charge on any atom is 0.201 e. The molecule has 1 rings (SSSR count). The van der Waals surface area contributed by atoms with E-state index in [4.69, 9.17) is 5.84 Å². The zero-order valence-electron chi connectivity index (χ0n) is 6.92. The average Bonchev–Trinajstić information content (AvgIpc) is 2.14. The average molecular weight is 186 g/mol. The third-order valence-corrected chi connectivity index (χ3v) is 1.51. The van der Waals surface area contributed by atoms with Gasteiger partial charge in [0.05, 0.1) is 13.3 Å². The van der Waals surface area contributed by atoms with Crippen molar-refractivity contribution in [1.82, 2.24) is 0 Å². The van der Waals surface area contributed by atoms with E-state index in [9.17, 15) is 8.78 Å². The first kappa shape index (κ1) is 9.44. The lowest BCUT2D eigenvalue weighted by Crippen LogP contribution is -1.98. The van der Waals surface area contributed by atoms with Gasteiger partial charge in [0.2, 0.25) is 5.82 Å². The van der Waals surface area contributed by atoms with Gasteiger partial charge in [0, 0.05) is 5.56 Å². The van der Waals surface area contributed by atoms with Crippen molar-refractivity contribution in [2.24, 2.45) is 10.9 Å². The number of hydrazone groups is 1. The molecule has 0 bridgehead atoms. The van der Waals surface area contributed by atoms with Gasteiger partial charge in [-0.25, -0.2) is 4.39 Å². The van der Waals surface area contributed by atoms with Crippen LogP contribution in [0.3, 0.4) is 0 Å². The summed E-state index contributed by atoms with van der Waals surface area (Å²) in [6, 6.07) is 2.63. The molecule has 0 aliphatic rings. The van der Waals surface area contributed by atoms with Crippen molar-refractivity contribution in [3.8, 4) is 5.75 Å². The van der Waals surface area contributed by atoms with Crippen LogP contribution in [0.2, 0.25) is 0 Å². The second kappa shape index (κ2) is 3.84. The second-order valence-electron chi connectivity index (χ2n) is 2.26. The van der Waals surface area contributed by atoms with Gasteiger partial charge in [0.1, 0.15) is 0 Å². The Morgan fingerprint density at radius 2 is 2.08 bits per heavy atom. The molecule has 1 aromatic rings. The molecule has 0 aromatic heterocycles. The number of rotatable bonds is 2.